The maximum absolute atomic E-state index is 11.8. The van der Waals surface area contributed by atoms with Crippen LogP contribution in [0.15, 0.2) is 30.3 Å². The van der Waals surface area contributed by atoms with Gasteiger partial charge in [-0.05, 0) is 60.8 Å². The first-order valence-electron chi connectivity index (χ1n) is 7.93. The summed E-state index contributed by atoms with van der Waals surface area (Å²) in [6.45, 7) is 2.41. The van der Waals surface area contributed by atoms with E-state index in [1.807, 2.05) is 0 Å². The summed E-state index contributed by atoms with van der Waals surface area (Å²) in [4.78, 5) is 0. The first-order chi connectivity index (χ1) is 9.15. The van der Waals surface area contributed by atoms with Gasteiger partial charge in [0.15, 0.2) is 0 Å². The molecule has 0 aliphatic heterocycles. The lowest BCUT2D eigenvalue weighted by Gasteiger charge is -2.77. The van der Waals surface area contributed by atoms with Crippen LogP contribution in [0, 0.1) is 35.0 Å². The van der Waals surface area contributed by atoms with Crippen molar-refractivity contribution in [3.8, 4) is 0 Å². The van der Waals surface area contributed by atoms with Gasteiger partial charge in [0, 0.05) is 5.41 Å². The van der Waals surface area contributed by atoms with E-state index in [2.05, 4.69) is 37.3 Å². The molecule has 1 atom stereocenters. The fraction of sp³-hybridized carbons (Fsp3) is 0.667. The summed E-state index contributed by atoms with van der Waals surface area (Å²) in [7, 11) is 0. The molecule has 1 nitrogen and oxygen atoms in total. The highest BCUT2D eigenvalue weighted by Crippen LogP contribution is 2.79. The molecule has 0 spiro atoms. The van der Waals surface area contributed by atoms with Crippen LogP contribution in [0.5, 0.6) is 0 Å². The summed E-state index contributed by atoms with van der Waals surface area (Å²) in [6, 6.07) is 10.6. The molecule has 1 heteroatoms. The lowest BCUT2D eigenvalue weighted by atomic mass is 9.28. The Labute approximate surface area is 115 Å². The Morgan fingerprint density at radius 2 is 1.47 bits per heavy atom. The predicted octanol–water partition coefficient (Wildman–Crippen LogP) is 3.58. The van der Waals surface area contributed by atoms with Gasteiger partial charge in [-0.1, -0.05) is 37.3 Å². The van der Waals surface area contributed by atoms with Crippen LogP contribution < -0.4 is 0 Å². The molecule has 1 N–H and O–H groups in total. The van der Waals surface area contributed by atoms with Crippen LogP contribution in [0.2, 0.25) is 0 Å². The van der Waals surface area contributed by atoms with Gasteiger partial charge in [-0.15, -0.1) is 0 Å². The van der Waals surface area contributed by atoms with Crippen molar-refractivity contribution in [3.05, 3.63) is 35.9 Å². The molecule has 0 aromatic heterocycles. The van der Waals surface area contributed by atoms with Crippen LogP contribution in [-0.2, 0) is 5.60 Å². The molecule has 8 aliphatic carbocycles. The summed E-state index contributed by atoms with van der Waals surface area (Å²) in [6.07, 6.45) is 5.57. The molecule has 0 unspecified atom stereocenters. The highest BCUT2D eigenvalue weighted by molar-refractivity contribution is 5.35. The number of aliphatic hydroxyl groups is 1. The van der Waals surface area contributed by atoms with Gasteiger partial charge in [0.25, 0.3) is 0 Å². The molecule has 100 valence electrons. The first kappa shape index (κ1) is 10.9. The lowest BCUT2D eigenvalue weighted by molar-refractivity contribution is -0.342. The van der Waals surface area contributed by atoms with Gasteiger partial charge in [-0.3, -0.25) is 0 Å². The minimum atomic E-state index is -0.536. The fourth-order valence-corrected chi connectivity index (χ4v) is 6.99. The second kappa shape index (κ2) is 3.09. The molecule has 1 aromatic carbocycles. The van der Waals surface area contributed by atoms with Gasteiger partial charge < -0.3 is 5.11 Å². The van der Waals surface area contributed by atoms with Crippen molar-refractivity contribution in [3.63, 3.8) is 0 Å². The second-order valence-electron chi connectivity index (χ2n) is 7.80. The Balaban J connectivity index is 1.77. The molecular weight excluding hydrogens is 232 g/mol. The van der Waals surface area contributed by atoms with Crippen LogP contribution >= 0.6 is 0 Å². The fourth-order valence-electron chi connectivity index (χ4n) is 6.99. The zero-order valence-corrected chi connectivity index (χ0v) is 11.5. The highest BCUT2D eigenvalue weighted by atomic mass is 16.3. The largest absolute Gasteiger partial charge is 0.384 e. The summed E-state index contributed by atoms with van der Waals surface area (Å²) in [5, 5.41) is 11.8. The summed E-state index contributed by atoms with van der Waals surface area (Å²) >= 11 is 0. The molecule has 8 fully saturated rings. The zero-order chi connectivity index (χ0) is 12.8. The molecule has 8 saturated carbocycles. The predicted molar refractivity (Wildman–Crippen MR) is 74.4 cm³/mol. The summed E-state index contributed by atoms with van der Waals surface area (Å²) < 4.78 is 0. The molecule has 6 bridgehead atoms. The molecule has 9 rings (SSSR count). The SMILES string of the molecule is CC12C3CC4CC1CC(C3)C4[C@]2(O)c1ccccc1. The molecule has 0 saturated heterocycles. The average Bonchev–Trinajstić information content (AvgIpc) is 2.42. The van der Waals surface area contributed by atoms with Crippen molar-refractivity contribution >= 4 is 0 Å². The smallest absolute Gasteiger partial charge is 0.0988 e. The molecule has 0 heterocycles. The van der Waals surface area contributed by atoms with Gasteiger partial charge in [0.05, 0.1) is 5.60 Å². The third-order valence-corrected chi connectivity index (χ3v) is 7.58. The van der Waals surface area contributed by atoms with Crippen molar-refractivity contribution in [2.45, 2.75) is 38.2 Å². The van der Waals surface area contributed by atoms with E-state index in [0.29, 0.717) is 5.92 Å². The van der Waals surface area contributed by atoms with Gasteiger partial charge in [0.2, 0.25) is 0 Å². The van der Waals surface area contributed by atoms with Gasteiger partial charge in [-0.2, -0.15) is 0 Å². The summed E-state index contributed by atoms with van der Waals surface area (Å²) in [5.41, 5.74) is 0.806. The maximum atomic E-state index is 11.8. The van der Waals surface area contributed by atoms with E-state index in [-0.39, 0.29) is 5.41 Å². The first-order valence-corrected chi connectivity index (χ1v) is 7.93. The minimum absolute atomic E-state index is 0.141. The lowest BCUT2D eigenvalue weighted by Crippen LogP contribution is -2.75. The zero-order valence-electron chi connectivity index (χ0n) is 11.5. The van der Waals surface area contributed by atoms with Gasteiger partial charge in [-0.25, -0.2) is 0 Å². The van der Waals surface area contributed by atoms with E-state index in [9.17, 15) is 5.11 Å². The number of hydrogen-bond donors (Lipinski definition) is 1. The monoisotopic (exact) mass is 254 g/mol. The number of hydrogen-bond acceptors (Lipinski definition) is 1. The highest BCUT2D eigenvalue weighted by Gasteiger charge is 2.76. The van der Waals surface area contributed by atoms with Crippen LogP contribution in [0.4, 0.5) is 0 Å². The molecule has 0 amide bonds. The van der Waals surface area contributed by atoms with Crippen molar-refractivity contribution in [2.75, 3.05) is 0 Å². The van der Waals surface area contributed by atoms with Crippen LogP contribution in [0.25, 0.3) is 0 Å². The molecule has 1 aromatic rings. The Bertz CT molecular complexity index is 504. The third kappa shape index (κ3) is 0.961. The van der Waals surface area contributed by atoms with E-state index in [0.717, 1.165) is 23.7 Å². The van der Waals surface area contributed by atoms with Crippen LogP contribution in [-0.4, -0.2) is 5.11 Å². The van der Waals surface area contributed by atoms with E-state index < -0.39 is 5.60 Å². The topological polar surface area (TPSA) is 20.2 Å². The van der Waals surface area contributed by atoms with E-state index >= 15 is 0 Å². The molecule has 8 aliphatic rings. The minimum Gasteiger partial charge on any atom is -0.384 e. The summed E-state index contributed by atoms with van der Waals surface area (Å²) in [5.74, 6) is 3.68. The van der Waals surface area contributed by atoms with Crippen molar-refractivity contribution in [1.82, 2.24) is 0 Å². The normalized spacial score (nSPS) is 57.1. The van der Waals surface area contributed by atoms with Gasteiger partial charge >= 0.3 is 0 Å². The van der Waals surface area contributed by atoms with Crippen molar-refractivity contribution in [2.24, 2.45) is 35.0 Å². The van der Waals surface area contributed by atoms with E-state index in [1.54, 1.807) is 0 Å². The van der Waals surface area contributed by atoms with Crippen molar-refractivity contribution in [1.29, 1.82) is 0 Å². The second-order valence-corrected chi connectivity index (χ2v) is 7.80. The maximum Gasteiger partial charge on any atom is 0.0988 e. The Morgan fingerprint density at radius 3 is 1.95 bits per heavy atom. The Hall–Kier alpha value is -0.820. The van der Waals surface area contributed by atoms with Crippen LogP contribution in [0.3, 0.4) is 0 Å². The molecular formula is C18H22O. The van der Waals surface area contributed by atoms with Gasteiger partial charge in [0.1, 0.15) is 0 Å². The molecule has 0 radical (unpaired) electrons. The number of benzene rings is 1. The standard InChI is InChI=1S/C18H22O/c1-17-14-7-11-8-15(17)10-12(9-14)16(11)18(17,19)13-5-3-2-4-6-13/h2-6,11-12,14-16,19H,7-10H2,1H3/t11?,12?,14?,15?,16?,17?,18-/m1/s1. The number of rotatable bonds is 1. The average molecular weight is 254 g/mol. The Kier molecular flexibility index (Phi) is 1.77. The molecule has 19 heavy (non-hydrogen) atoms. The van der Waals surface area contributed by atoms with Crippen molar-refractivity contribution < 1.29 is 5.11 Å². The quantitative estimate of drug-likeness (QED) is 0.812. The Morgan fingerprint density at radius 1 is 0.947 bits per heavy atom. The van der Waals surface area contributed by atoms with E-state index in [1.165, 1.54) is 31.2 Å². The third-order valence-electron chi connectivity index (χ3n) is 7.58. The van der Waals surface area contributed by atoms with Crippen LogP contribution in [0.1, 0.15) is 38.2 Å². The van der Waals surface area contributed by atoms with E-state index in [4.69, 9.17) is 0 Å².